The monoisotopic (exact) mass is 319 g/mol. The first-order valence-corrected chi connectivity index (χ1v) is 7.61. The summed E-state index contributed by atoms with van der Waals surface area (Å²) in [7, 11) is 0. The molecule has 0 atom stereocenters. The third kappa shape index (κ3) is 3.77. The van der Waals surface area contributed by atoms with E-state index in [2.05, 4.69) is 10.9 Å². The first-order chi connectivity index (χ1) is 11.7. The SMILES string of the molecule is O=[N+]([O-])c1cccc(-c2ccccc2CNNc2ccccc2)c1. The van der Waals surface area contributed by atoms with Crippen LogP contribution in [0, 0.1) is 10.1 Å². The molecule has 0 radical (unpaired) electrons. The van der Waals surface area contributed by atoms with E-state index in [9.17, 15) is 10.1 Å². The van der Waals surface area contributed by atoms with Crippen LogP contribution in [0.3, 0.4) is 0 Å². The molecule has 3 rings (SSSR count). The quantitative estimate of drug-likeness (QED) is 0.523. The average Bonchev–Trinajstić information content (AvgIpc) is 2.63. The van der Waals surface area contributed by atoms with Crippen LogP contribution >= 0.6 is 0 Å². The number of non-ortho nitro benzene ring substituents is 1. The van der Waals surface area contributed by atoms with Crippen molar-refractivity contribution in [3.05, 3.63) is 94.5 Å². The van der Waals surface area contributed by atoms with Crippen molar-refractivity contribution in [2.45, 2.75) is 6.54 Å². The number of nitrogens with zero attached hydrogens (tertiary/aromatic N) is 1. The number of hydrazine groups is 1. The number of anilines is 1. The molecule has 0 aliphatic rings. The van der Waals surface area contributed by atoms with Crippen molar-refractivity contribution in [2.24, 2.45) is 0 Å². The molecule has 24 heavy (non-hydrogen) atoms. The minimum Gasteiger partial charge on any atom is -0.321 e. The summed E-state index contributed by atoms with van der Waals surface area (Å²) in [6.45, 7) is 0.591. The van der Waals surface area contributed by atoms with Crippen LogP contribution in [-0.2, 0) is 6.54 Å². The van der Waals surface area contributed by atoms with Crippen LogP contribution in [-0.4, -0.2) is 4.92 Å². The number of hydrogen-bond donors (Lipinski definition) is 2. The normalized spacial score (nSPS) is 10.3. The van der Waals surface area contributed by atoms with Crippen molar-refractivity contribution in [3.63, 3.8) is 0 Å². The van der Waals surface area contributed by atoms with Gasteiger partial charge in [-0.15, -0.1) is 0 Å². The molecule has 0 fully saturated rings. The van der Waals surface area contributed by atoms with Gasteiger partial charge in [0.15, 0.2) is 0 Å². The van der Waals surface area contributed by atoms with Crippen LogP contribution in [0.1, 0.15) is 5.56 Å². The van der Waals surface area contributed by atoms with Gasteiger partial charge in [0.1, 0.15) is 0 Å². The molecule has 0 amide bonds. The van der Waals surface area contributed by atoms with Gasteiger partial charge in [0.2, 0.25) is 0 Å². The molecule has 0 aliphatic heterocycles. The number of hydrogen-bond acceptors (Lipinski definition) is 4. The summed E-state index contributed by atoms with van der Waals surface area (Å²) in [4.78, 5) is 10.6. The topological polar surface area (TPSA) is 67.2 Å². The molecule has 0 aliphatic carbocycles. The van der Waals surface area contributed by atoms with Crippen molar-refractivity contribution in [1.82, 2.24) is 5.43 Å². The van der Waals surface area contributed by atoms with Gasteiger partial charge in [-0.05, 0) is 28.8 Å². The molecule has 0 heterocycles. The van der Waals surface area contributed by atoms with E-state index in [0.717, 1.165) is 22.4 Å². The van der Waals surface area contributed by atoms with Crippen LogP contribution in [0.15, 0.2) is 78.9 Å². The third-order valence-electron chi connectivity index (χ3n) is 3.67. The predicted molar refractivity (Wildman–Crippen MR) is 95.4 cm³/mol. The molecular formula is C19H17N3O2. The average molecular weight is 319 g/mol. The van der Waals surface area contributed by atoms with Gasteiger partial charge in [0, 0.05) is 24.4 Å². The fourth-order valence-corrected chi connectivity index (χ4v) is 2.51. The molecular weight excluding hydrogens is 302 g/mol. The lowest BCUT2D eigenvalue weighted by Crippen LogP contribution is -2.21. The van der Waals surface area contributed by atoms with E-state index < -0.39 is 0 Å². The van der Waals surface area contributed by atoms with Crippen LogP contribution in [0.2, 0.25) is 0 Å². The highest BCUT2D eigenvalue weighted by Gasteiger charge is 2.09. The van der Waals surface area contributed by atoms with E-state index in [4.69, 9.17) is 0 Å². The van der Waals surface area contributed by atoms with Gasteiger partial charge < -0.3 is 5.43 Å². The summed E-state index contributed by atoms with van der Waals surface area (Å²) in [5.41, 5.74) is 10.3. The number of para-hydroxylation sites is 1. The zero-order valence-electron chi connectivity index (χ0n) is 13.0. The Morgan fingerprint density at radius 1 is 0.875 bits per heavy atom. The van der Waals surface area contributed by atoms with Gasteiger partial charge in [-0.1, -0.05) is 54.6 Å². The van der Waals surface area contributed by atoms with E-state index in [0.29, 0.717) is 6.54 Å². The van der Waals surface area contributed by atoms with Crippen LogP contribution in [0.5, 0.6) is 0 Å². The number of nitrogens with one attached hydrogen (secondary N) is 2. The standard InChI is InChI=1S/C19H17N3O2/c23-22(24)18-11-6-8-15(13-18)19-12-5-4-7-16(19)14-20-21-17-9-2-1-3-10-17/h1-13,20-21H,14H2. The molecule has 0 aromatic heterocycles. The highest BCUT2D eigenvalue weighted by Crippen LogP contribution is 2.26. The summed E-state index contributed by atoms with van der Waals surface area (Å²) in [6, 6.07) is 24.4. The summed E-state index contributed by atoms with van der Waals surface area (Å²) in [6.07, 6.45) is 0. The molecule has 2 N–H and O–H groups in total. The largest absolute Gasteiger partial charge is 0.321 e. The Balaban J connectivity index is 1.78. The molecule has 5 heteroatoms. The second kappa shape index (κ2) is 7.39. The minimum absolute atomic E-state index is 0.0951. The smallest absolute Gasteiger partial charge is 0.270 e. The Hall–Kier alpha value is -3.18. The van der Waals surface area contributed by atoms with Gasteiger partial charge in [-0.2, -0.15) is 0 Å². The predicted octanol–water partition coefficient (Wildman–Crippen LogP) is 4.38. The van der Waals surface area contributed by atoms with E-state index in [1.165, 1.54) is 6.07 Å². The highest BCUT2D eigenvalue weighted by molar-refractivity contribution is 5.69. The first kappa shape index (κ1) is 15.7. The maximum Gasteiger partial charge on any atom is 0.270 e. The van der Waals surface area contributed by atoms with Crippen molar-refractivity contribution in [1.29, 1.82) is 0 Å². The Kier molecular flexibility index (Phi) is 4.84. The second-order valence-electron chi connectivity index (χ2n) is 5.31. The molecule has 0 spiro atoms. The Labute approximate surface area is 140 Å². The van der Waals surface area contributed by atoms with Crippen molar-refractivity contribution >= 4 is 11.4 Å². The Morgan fingerprint density at radius 3 is 2.42 bits per heavy atom. The first-order valence-electron chi connectivity index (χ1n) is 7.61. The Morgan fingerprint density at radius 2 is 1.62 bits per heavy atom. The molecule has 120 valence electrons. The molecule has 0 unspecified atom stereocenters. The fourth-order valence-electron chi connectivity index (χ4n) is 2.51. The highest BCUT2D eigenvalue weighted by atomic mass is 16.6. The van der Waals surface area contributed by atoms with Crippen molar-refractivity contribution in [2.75, 3.05) is 5.43 Å². The van der Waals surface area contributed by atoms with E-state index in [-0.39, 0.29) is 10.6 Å². The number of nitro groups is 1. The third-order valence-corrected chi connectivity index (χ3v) is 3.67. The summed E-state index contributed by atoms with van der Waals surface area (Å²) in [5.74, 6) is 0. The lowest BCUT2D eigenvalue weighted by atomic mass is 9.99. The number of nitro benzene ring substituents is 1. The molecule has 0 bridgehead atoms. The lowest BCUT2D eigenvalue weighted by molar-refractivity contribution is -0.384. The van der Waals surface area contributed by atoms with Crippen molar-refractivity contribution in [3.8, 4) is 11.1 Å². The number of benzene rings is 3. The van der Waals surface area contributed by atoms with E-state index >= 15 is 0 Å². The van der Waals surface area contributed by atoms with Crippen molar-refractivity contribution < 1.29 is 4.92 Å². The maximum atomic E-state index is 11.0. The zero-order chi connectivity index (χ0) is 16.8. The van der Waals surface area contributed by atoms with E-state index in [1.54, 1.807) is 12.1 Å². The van der Waals surface area contributed by atoms with Gasteiger partial charge in [-0.3, -0.25) is 10.1 Å². The van der Waals surface area contributed by atoms with Crippen LogP contribution < -0.4 is 10.9 Å². The molecule has 0 saturated heterocycles. The summed E-state index contributed by atoms with van der Waals surface area (Å²) in [5, 5.41) is 11.0. The lowest BCUT2D eigenvalue weighted by Gasteiger charge is -2.12. The molecule has 3 aromatic rings. The minimum atomic E-state index is -0.374. The zero-order valence-corrected chi connectivity index (χ0v) is 13.0. The molecule has 3 aromatic carbocycles. The van der Waals surface area contributed by atoms with Crippen LogP contribution in [0.4, 0.5) is 11.4 Å². The fraction of sp³-hybridized carbons (Fsp3) is 0.0526. The van der Waals surface area contributed by atoms with Gasteiger partial charge >= 0.3 is 0 Å². The molecule has 5 nitrogen and oxygen atoms in total. The molecule has 0 saturated carbocycles. The van der Waals surface area contributed by atoms with Gasteiger partial charge in [-0.25, -0.2) is 5.43 Å². The summed E-state index contributed by atoms with van der Waals surface area (Å²) >= 11 is 0. The van der Waals surface area contributed by atoms with Gasteiger partial charge in [0.25, 0.3) is 5.69 Å². The van der Waals surface area contributed by atoms with Gasteiger partial charge in [0.05, 0.1) is 4.92 Å². The Bertz CT molecular complexity index is 835. The second-order valence-corrected chi connectivity index (χ2v) is 5.31. The maximum absolute atomic E-state index is 11.0. The van der Waals surface area contributed by atoms with E-state index in [1.807, 2.05) is 60.7 Å². The summed E-state index contributed by atoms with van der Waals surface area (Å²) < 4.78 is 0. The number of rotatable bonds is 6. The van der Waals surface area contributed by atoms with Crippen LogP contribution in [0.25, 0.3) is 11.1 Å².